The number of carbonyl (C=O) groups excluding carboxylic acids is 2. The lowest BCUT2D eigenvalue weighted by Gasteiger charge is -2.59. The average Bonchev–Trinajstić information content (AvgIpc) is 3.16. The largest absolute Gasteiger partial charge is 0.465 e. The number of hydrogen-bond donors (Lipinski definition) is 0. The Kier molecular flexibility index (Phi) is 3.24. The van der Waals surface area contributed by atoms with Crippen molar-refractivity contribution in [1.82, 2.24) is 0 Å². The molecule has 5 nitrogen and oxygen atoms in total. The van der Waals surface area contributed by atoms with Crippen molar-refractivity contribution < 1.29 is 23.8 Å². The van der Waals surface area contributed by atoms with Crippen molar-refractivity contribution in [1.29, 1.82) is 0 Å². The second-order valence-electron chi connectivity index (χ2n) is 8.20. The SMILES string of the molecule is CC(=O)OCC12c3ccccc3C(c3ccccc31)[C@@H]1C3COC(O3)C(=O)[C@@H]12. The van der Waals surface area contributed by atoms with Gasteiger partial charge < -0.3 is 14.2 Å². The molecule has 7 rings (SSSR count). The van der Waals surface area contributed by atoms with Crippen molar-refractivity contribution in [2.45, 2.75) is 30.7 Å². The first-order valence-corrected chi connectivity index (χ1v) is 9.76. The molecule has 0 N–H and O–H groups in total. The van der Waals surface area contributed by atoms with Crippen molar-refractivity contribution >= 4 is 11.8 Å². The van der Waals surface area contributed by atoms with Crippen LogP contribution in [0.4, 0.5) is 0 Å². The fraction of sp³-hybridized carbons (Fsp3) is 0.391. The van der Waals surface area contributed by atoms with Gasteiger partial charge in [-0.25, -0.2) is 0 Å². The maximum absolute atomic E-state index is 13.5. The molecule has 2 aromatic carbocycles. The maximum atomic E-state index is 13.5. The summed E-state index contributed by atoms with van der Waals surface area (Å²) in [6.07, 6.45) is -0.935. The maximum Gasteiger partial charge on any atom is 0.302 e. The van der Waals surface area contributed by atoms with Gasteiger partial charge in [0.05, 0.1) is 18.1 Å². The van der Waals surface area contributed by atoms with Gasteiger partial charge in [0.15, 0.2) is 5.78 Å². The van der Waals surface area contributed by atoms with Crippen LogP contribution in [0.3, 0.4) is 0 Å². The van der Waals surface area contributed by atoms with E-state index < -0.39 is 11.7 Å². The van der Waals surface area contributed by atoms with Crippen LogP contribution in [0, 0.1) is 11.8 Å². The van der Waals surface area contributed by atoms with Gasteiger partial charge >= 0.3 is 5.97 Å². The molecule has 0 amide bonds. The topological polar surface area (TPSA) is 61.8 Å². The molecule has 2 saturated heterocycles. The number of fused-ring (bicyclic) bond motifs is 2. The Bertz CT molecular complexity index is 964. The zero-order valence-electron chi connectivity index (χ0n) is 15.5. The summed E-state index contributed by atoms with van der Waals surface area (Å²) in [6.45, 7) is 2.00. The Morgan fingerprint density at radius 2 is 1.75 bits per heavy atom. The number of rotatable bonds is 2. The van der Waals surface area contributed by atoms with Gasteiger partial charge in [0.1, 0.15) is 6.61 Å². The molecule has 2 heterocycles. The number of hydrogen-bond acceptors (Lipinski definition) is 5. The van der Waals surface area contributed by atoms with E-state index in [2.05, 4.69) is 24.3 Å². The van der Waals surface area contributed by atoms with Crippen LogP contribution in [0.1, 0.15) is 35.1 Å². The molecule has 2 aliphatic heterocycles. The van der Waals surface area contributed by atoms with E-state index in [1.165, 1.54) is 18.1 Å². The first-order chi connectivity index (χ1) is 13.6. The fourth-order valence-corrected chi connectivity index (χ4v) is 6.17. The zero-order valence-corrected chi connectivity index (χ0v) is 15.5. The van der Waals surface area contributed by atoms with Crippen molar-refractivity contribution in [3.05, 3.63) is 70.8 Å². The molecule has 0 aromatic heterocycles. The molecule has 3 aliphatic carbocycles. The summed E-state index contributed by atoms with van der Waals surface area (Å²) in [6, 6.07) is 16.5. The van der Waals surface area contributed by atoms with Gasteiger partial charge in [-0.3, -0.25) is 9.59 Å². The summed E-state index contributed by atoms with van der Waals surface area (Å²) in [5.41, 5.74) is 3.89. The van der Waals surface area contributed by atoms with Crippen molar-refractivity contribution in [3.63, 3.8) is 0 Å². The van der Waals surface area contributed by atoms with E-state index in [1.807, 2.05) is 24.3 Å². The molecular formula is C23H20O5. The fourth-order valence-electron chi connectivity index (χ4n) is 6.17. The summed E-state index contributed by atoms with van der Waals surface area (Å²) in [7, 11) is 0. The van der Waals surface area contributed by atoms with E-state index in [9.17, 15) is 9.59 Å². The molecule has 4 atom stereocenters. The van der Waals surface area contributed by atoms with E-state index in [1.54, 1.807) is 0 Å². The summed E-state index contributed by atoms with van der Waals surface area (Å²) < 4.78 is 17.3. The summed E-state index contributed by atoms with van der Waals surface area (Å²) in [4.78, 5) is 25.3. The molecule has 0 saturated carbocycles. The summed E-state index contributed by atoms with van der Waals surface area (Å²) in [5, 5.41) is 0. The van der Waals surface area contributed by atoms with Gasteiger partial charge in [0.25, 0.3) is 0 Å². The lowest BCUT2D eigenvalue weighted by molar-refractivity contribution is -0.176. The van der Waals surface area contributed by atoms with Gasteiger partial charge in [0.2, 0.25) is 6.29 Å². The molecule has 2 unspecified atom stereocenters. The van der Waals surface area contributed by atoms with Crippen molar-refractivity contribution in [2.24, 2.45) is 11.8 Å². The molecule has 2 fully saturated rings. The summed E-state index contributed by atoms with van der Waals surface area (Å²) >= 11 is 0. The number of Topliss-reactive ketones (excluding diaryl/α,β-unsaturated/α-hetero) is 1. The van der Waals surface area contributed by atoms with E-state index in [4.69, 9.17) is 14.2 Å². The molecule has 2 aromatic rings. The smallest absolute Gasteiger partial charge is 0.302 e. The van der Waals surface area contributed by atoms with E-state index in [0.717, 1.165) is 11.1 Å². The third kappa shape index (κ3) is 1.84. The average molecular weight is 376 g/mol. The predicted octanol–water partition coefficient (Wildman–Crippen LogP) is 2.55. The molecular weight excluding hydrogens is 356 g/mol. The minimum atomic E-state index is -0.806. The number of ether oxygens (including phenoxy) is 3. The van der Waals surface area contributed by atoms with Gasteiger partial charge in [-0.05, 0) is 22.3 Å². The third-order valence-electron chi connectivity index (χ3n) is 7.04. The number of benzene rings is 2. The zero-order chi connectivity index (χ0) is 19.0. The van der Waals surface area contributed by atoms with E-state index in [-0.39, 0.29) is 42.2 Å². The molecule has 5 heteroatoms. The Morgan fingerprint density at radius 1 is 1.11 bits per heavy atom. The second-order valence-corrected chi connectivity index (χ2v) is 8.20. The third-order valence-corrected chi connectivity index (χ3v) is 7.04. The van der Waals surface area contributed by atoms with Crippen LogP contribution in [0.25, 0.3) is 0 Å². The van der Waals surface area contributed by atoms with Gasteiger partial charge in [-0.15, -0.1) is 0 Å². The van der Waals surface area contributed by atoms with Crippen LogP contribution >= 0.6 is 0 Å². The number of ketones is 1. The van der Waals surface area contributed by atoms with Crippen LogP contribution in [0.2, 0.25) is 0 Å². The van der Waals surface area contributed by atoms with Crippen LogP contribution < -0.4 is 0 Å². The molecule has 0 radical (unpaired) electrons. The quantitative estimate of drug-likeness (QED) is 0.754. The Labute approximate surface area is 162 Å². The van der Waals surface area contributed by atoms with Crippen molar-refractivity contribution in [3.8, 4) is 0 Å². The second kappa shape index (κ2) is 5.52. The lowest BCUT2D eigenvalue weighted by Crippen LogP contribution is -2.63. The standard InChI is InChI=1S/C23H20O5/c1-12(24)27-11-23-15-8-4-2-6-13(15)18(14-7-3-5-9-16(14)23)19-17-10-26-22(28-17)21(25)20(19)23/h2-9,17-20,22H,10-11H2,1H3/t17?,18?,19-,20+,22?,23?/m0/s1. The molecule has 28 heavy (non-hydrogen) atoms. The van der Waals surface area contributed by atoms with Gasteiger partial charge in [-0.1, -0.05) is 48.5 Å². The molecule has 4 bridgehead atoms. The van der Waals surface area contributed by atoms with Crippen LogP contribution in [0.15, 0.2) is 48.5 Å². The van der Waals surface area contributed by atoms with Crippen LogP contribution in [-0.4, -0.2) is 37.4 Å². The first kappa shape index (κ1) is 16.5. The molecule has 0 spiro atoms. The molecule has 5 aliphatic rings. The lowest BCUT2D eigenvalue weighted by atomic mass is 9.45. The highest BCUT2D eigenvalue weighted by atomic mass is 16.7. The molecule has 142 valence electrons. The monoisotopic (exact) mass is 376 g/mol. The Balaban J connectivity index is 1.69. The minimum absolute atomic E-state index is 0.0217. The van der Waals surface area contributed by atoms with Gasteiger partial charge in [-0.2, -0.15) is 0 Å². The number of carbonyl (C=O) groups is 2. The van der Waals surface area contributed by atoms with Crippen molar-refractivity contribution in [2.75, 3.05) is 13.2 Å². The Morgan fingerprint density at radius 3 is 2.39 bits per heavy atom. The van der Waals surface area contributed by atoms with E-state index in [0.29, 0.717) is 6.61 Å². The predicted molar refractivity (Wildman–Crippen MR) is 98.7 cm³/mol. The highest BCUT2D eigenvalue weighted by molar-refractivity contribution is 5.90. The van der Waals surface area contributed by atoms with Crippen LogP contribution in [-0.2, 0) is 29.2 Å². The van der Waals surface area contributed by atoms with Crippen LogP contribution in [0.5, 0.6) is 0 Å². The summed E-state index contributed by atoms with van der Waals surface area (Å²) in [5.74, 6) is -0.639. The van der Waals surface area contributed by atoms with Gasteiger partial charge in [0, 0.05) is 24.7 Å². The number of esters is 1. The first-order valence-electron chi connectivity index (χ1n) is 9.76. The Hall–Kier alpha value is -2.50. The highest BCUT2D eigenvalue weighted by Gasteiger charge is 2.67. The van der Waals surface area contributed by atoms with E-state index >= 15 is 0 Å². The normalized spacial score (nSPS) is 36.5. The highest BCUT2D eigenvalue weighted by Crippen LogP contribution is 2.64. The minimum Gasteiger partial charge on any atom is -0.465 e.